The molecule has 2 heteroatoms. The number of pyridine rings is 1. The maximum Gasteiger partial charge on any atom is 0.0800 e. The molecular weight excluding hydrogens is 544 g/mol. The summed E-state index contributed by atoms with van der Waals surface area (Å²) in [5.74, 6) is 0. The molecule has 0 radical (unpaired) electrons. The highest BCUT2D eigenvalue weighted by molar-refractivity contribution is 6.16. The van der Waals surface area contributed by atoms with Gasteiger partial charge in [-0.25, -0.2) is 4.98 Å². The zero-order valence-corrected chi connectivity index (χ0v) is 24.4. The van der Waals surface area contributed by atoms with Crippen molar-refractivity contribution in [2.24, 2.45) is 0 Å². The molecule has 0 atom stereocenters. The molecule has 0 saturated heterocycles. The Bertz CT molecular complexity index is 2640. The third-order valence-electron chi connectivity index (χ3n) is 9.53. The Morgan fingerprint density at radius 1 is 0.400 bits per heavy atom. The van der Waals surface area contributed by atoms with Crippen LogP contribution in [-0.2, 0) is 0 Å². The summed E-state index contributed by atoms with van der Waals surface area (Å²) in [5, 5.41) is 7.45. The lowest BCUT2D eigenvalue weighted by Gasteiger charge is -2.14. The molecule has 0 N–H and O–H groups in total. The van der Waals surface area contributed by atoms with E-state index in [4.69, 9.17) is 4.98 Å². The van der Waals surface area contributed by atoms with Gasteiger partial charge in [0.05, 0.1) is 22.4 Å². The van der Waals surface area contributed by atoms with Crippen molar-refractivity contribution in [1.29, 1.82) is 0 Å². The summed E-state index contributed by atoms with van der Waals surface area (Å²) >= 11 is 0. The molecule has 9 aromatic rings. The number of hydrogen-bond acceptors (Lipinski definition) is 1. The van der Waals surface area contributed by atoms with E-state index in [1.54, 1.807) is 0 Å². The lowest BCUT2D eigenvalue weighted by atomic mass is 9.92. The molecule has 2 nitrogen and oxygen atoms in total. The first kappa shape index (κ1) is 24.5. The van der Waals surface area contributed by atoms with Gasteiger partial charge in [0.2, 0.25) is 0 Å². The van der Waals surface area contributed by atoms with Gasteiger partial charge in [0.1, 0.15) is 0 Å². The molecule has 208 valence electrons. The fourth-order valence-corrected chi connectivity index (χ4v) is 7.56. The average molecular weight is 571 g/mol. The fraction of sp³-hybridized carbons (Fsp3) is 0. The van der Waals surface area contributed by atoms with Crippen LogP contribution in [-0.4, -0.2) is 9.55 Å². The van der Waals surface area contributed by atoms with Gasteiger partial charge in [-0.2, -0.15) is 0 Å². The zero-order valence-electron chi connectivity index (χ0n) is 24.4. The normalized spacial score (nSPS) is 12.0. The largest absolute Gasteiger partial charge is 0.309 e. The van der Waals surface area contributed by atoms with Crippen molar-refractivity contribution < 1.29 is 0 Å². The van der Waals surface area contributed by atoms with Crippen molar-refractivity contribution in [2.45, 2.75) is 0 Å². The van der Waals surface area contributed by atoms with Crippen LogP contribution in [0.1, 0.15) is 0 Å². The highest BCUT2D eigenvalue weighted by Gasteiger charge is 2.23. The standard InChI is InChI=1S/C43H26N2/c1-2-12-29(13-3-1)45-40-20-9-8-17-35(40)38-25-27(21-24-41(38)45)30-22-23-34(32-15-5-4-14-31(30)32)39-26-28-11-10-19-36-33-16-6-7-18-37(33)43(44-39)42(28)36/h1-26H. The molecule has 0 fully saturated rings. The Morgan fingerprint density at radius 2 is 1.07 bits per heavy atom. The van der Waals surface area contributed by atoms with Crippen LogP contribution in [0.4, 0.5) is 0 Å². The molecule has 0 amide bonds. The van der Waals surface area contributed by atoms with Gasteiger partial charge in [-0.05, 0) is 74.8 Å². The third kappa shape index (κ3) is 3.48. The summed E-state index contributed by atoms with van der Waals surface area (Å²) in [6.45, 7) is 0. The highest BCUT2D eigenvalue weighted by atomic mass is 15.0. The lowest BCUT2D eigenvalue weighted by Crippen LogP contribution is -1.93. The maximum absolute atomic E-state index is 5.34. The van der Waals surface area contributed by atoms with Gasteiger partial charge in [-0.3, -0.25) is 0 Å². The van der Waals surface area contributed by atoms with Crippen LogP contribution in [0.25, 0.3) is 93.8 Å². The zero-order chi connectivity index (χ0) is 29.5. The smallest absolute Gasteiger partial charge is 0.0800 e. The van der Waals surface area contributed by atoms with E-state index < -0.39 is 0 Å². The van der Waals surface area contributed by atoms with Crippen LogP contribution < -0.4 is 0 Å². The summed E-state index contributed by atoms with van der Waals surface area (Å²) in [6, 6.07) is 57.1. The summed E-state index contributed by atoms with van der Waals surface area (Å²) in [7, 11) is 0. The van der Waals surface area contributed by atoms with Gasteiger partial charge in [-0.15, -0.1) is 0 Å². The van der Waals surface area contributed by atoms with Gasteiger partial charge < -0.3 is 4.57 Å². The minimum Gasteiger partial charge on any atom is -0.309 e. The quantitative estimate of drug-likeness (QED) is 0.207. The van der Waals surface area contributed by atoms with Gasteiger partial charge in [-0.1, -0.05) is 121 Å². The Kier molecular flexibility index (Phi) is 5.03. The number of para-hydroxylation sites is 2. The first-order valence-corrected chi connectivity index (χ1v) is 15.5. The van der Waals surface area contributed by atoms with Crippen LogP contribution in [0.5, 0.6) is 0 Å². The van der Waals surface area contributed by atoms with Crippen molar-refractivity contribution in [3.8, 4) is 50.5 Å². The summed E-state index contributed by atoms with van der Waals surface area (Å²) < 4.78 is 2.37. The van der Waals surface area contributed by atoms with Gasteiger partial charge in [0.15, 0.2) is 0 Å². The van der Waals surface area contributed by atoms with Crippen LogP contribution >= 0.6 is 0 Å². The number of nitrogens with zero attached hydrogens (tertiary/aromatic N) is 2. The Morgan fingerprint density at radius 3 is 1.93 bits per heavy atom. The molecule has 0 saturated carbocycles. The topological polar surface area (TPSA) is 17.8 Å². The molecule has 10 rings (SSSR count). The molecule has 2 aromatic heterocycles. The van der Waals surface area contributed by atoms with Crippen molar-refractivity contribution in [1.82, 2.24) is 9.55 Å². The number of benzene rings is 7. The number of rotatable bonds is 3. The molecular formula is C43H26N2. The first-order chi connectivity index (χ1) is 22.3. The second kappa shape index (κ2) is 9.25. The summed E-state index contributed by atoms with van der Waals surface area (Å²) in [4.78, 5) is 5.34. The number of aromatic nitrogens is 2. The molecule has 1 aliphatic rings. The highest BCUT2D eigenvalue weighted by Crippen LogP contribution is 2.47. The summed E-state index contributed by atoms with van der Waals surface area (Å²) in [6.07, 6.45) is 0. The Hall–Kier alpha value is -5.99. The minimum absolute atomic E-state index is 1.01. The van der Waals surface area contributed by atoms with Gasteiger partial charge in [0, 0.05) is 33.0 Å². The molecule has 0 unspecified atom stereocenters. The van der Waals surface area contributed by atoms with Crippen LogP contribution in [0.15, 0.2) is 158 Å². The average Bonchev–Trinajstić information content (AvgIpc) is 3.61. The molecule has 0 aliphatic heterocycles. The van der Waals surface area contributed by atoms with Crippen LogP contribution in [0.2, 0.25) is 0 Å². The van der Waals surface area contributed by atoms with Crippen LogP contribution in [0.3, 0.4) is 0 Å². The molecule has 1 aliphatic carbocycles. The maximum atomic E-state index is 5.34. The van der Waals surface area contributed by atoms with E-state index in [0.29, 0.717) is 0 Å². The lowest BCUT2D eigenvalue weighted by molar-refractivity contribution is 1.18. The van der Waals surface area contributed by atoms with Crippen molar-refractivity contribution >= 4 is 43.4 Å². The number of hydrogen-bond donors (Lipinski definition) is 0. The predicted molar refractivity (Wildman–Crippen MR) is 189 cm³/mol. The second-order valence-electron chi connectivity index (χ2n) is 11.9. The molecule has 0 bridgehead atoms. The minimum atomic E-state index is 1.01. The van der Waals surface area contributed by atoms with Gasteiger partial charge in [0.25, 0.3) is 0 Å². The van der Waals surface area contributed by atoms with E-state index in [1.807, 2.05) is 0 Å². The van der Waals surface area contributed by atoms with E-state index >= 15 is 0 Å². The van der Waals surface area contributed by atoms with Crippen LogP contribution in [0, 0.1) is 0 Å². The molecule has 0 spiro atoms. The van der Waals surface area contributed by atoms with E-state index in [1.165, 1.54) is 76.9 Å². The van der Waals surface area contributed by atoms with E-state index in [0.717, 1.165) is 17.0 Å². The van der Waals surface area contributed by atoms with E-state index in [2.05, 4.69) is 162 Å². The van der Waals surface area contributed by atoms with Crippen molar-refractivity contribution in [3.05, 3.63) is 158 Å². The second-order valence-corrected chi connectivity index (χ2v) is 11.9. The van der Waals surface area contributed by atoms with E-state index in [-0.39, 0.29) is 0 Å². The first-order valence-electron chi connectivity index (χ1n) is 15.5. The SMILES string of the molecule is c1ccc(-n2c3ccccc3c3cc(-c4ccc(-c5cc6cccc7c6c(n5)-c5ccccc5-7)c5ccccc45)ccc32)cc1. The predicted octanol–water partition coefficient (Wildman–Crippen LogP) is 11.5. The monoisotopic (exact) mass is 570 g/mol. The molecule has 45 heavy (non-hydrogen) atoms. The fourth-order valence-electron chi connectivity index (χ4n) is 7.56. The van der Waals surface area contributed by atoms with Crippen molar-refractivity contribution in [2.75, 3.05) is 0 Å². The van der Waals surface area contributed by atoms with E-state index in [9.17, 15) is 0 Å². The van der Waals surface area contributed by atoms with Gasteiger partial charge >= 0.3 is 0 Å². The Balaban J connectivity index is 1.18. The third-order valence-corrected chi connectivity index (χ3v) is 9.53. The molecule has 7 aromatic carbocycles. The Labute approximate surface area is 260 Å². The van der Waals surface area contributed by atoms with Crippen molar-refractivity contribution in [3.63, 3.8) is 0 Å². The summed E-state index contributed by atoms with van der Waals surface area (Å²) in [5.41, 5.74) is 13.1. The molecule has 2 heterocycles. The number of fused-ring (bicyclic) bond motifs is 7.